The van der Waals surface area contributed by atoms with Crippen molar-refractivity contribution in [1.29, 1.82) is 0 Å². The van der Waals surface area contributed by atoms with Gasteiger partial charge in [-0.25, -0.2) is 13.4 Å². The fourth-order valence-electron chi connectivity index (χ4n) is 4.63. The van der Waals surface area contributed by atoms with Crippen molar-refractivity contribution in [2.24, 2.45) is 13.0 Å². The van der Waals surface area contributed by atoms with Gasteiger partial charge < -0.3 is 9.47 Å². The highest BCUT2D eigenvalue weighted by Crippen LogP contribution is 2.25. The van der Waals surface area contributed by atoms with E-state index in [2.05, 4.69) is 9.55 Å². The van der Waals surface area contributed by atoms with Crippen molar-refractivity contribution in [3.05, 3.63) is 59.1 Å². The van der Waals surface area contributed by atoms with Crippen molar-refractivity contribution in [3.8, 4) is 0 Å². The average molecular weight is 488 g/mol. The number of aromatic nitrogens is 2. The zero-order valence-electron chi connectivity index (χ0n) is 19.1. The third kappa shape index (κ3) is 5.58. The van der Waals surface area contributed by atoms with Gasteiger partial charge in [0.05, 0.1) is 22.7 Å². The van der Waals surface area contributed by atoms with Crippen LogP contribution in [-0.2, 0) is 28.1 Å². The Kier molecular flexibility index (Phi) is 7.10. The van der Waals surface area contributed by atoms with Crippen LogP contribution in [0.4, 0.5) is 0 Å². The molecule has 1 saturated heterocycles. The smallest absolute Gasteiger partial charge is 0.223 e. The van der Waals surface area contributed by atoms with E-state index in [4.69, 9.17) is 11.6 Å². The summed E-state index contributed by atoms with van der Waals surface area (Å²) in [5.41, 5.74) is 2.36. The van der Waals surface area contributed by atoms with Crippen molar-refractivity contribution in [2.75, 3.05) is 18.8 Å². The Balaban J connectivity index is 1.28. The summed E-state index contributed by atoms with van der Waals surface area (Å²) in [6, 6.07) is 10.4. The molecule has 1 aliphatic heterocycles. The summed E-state index contributed by atoms with van der Waals surface area (Å²) in [6.07, 6.45) is 5.87. The van der Waals surface area contributed by atoms with Crippen LogP contribution in [0.3, 0.4) is 0 Å². The molecule has 1 amide bonds. The summed E-state index contributed by atoms with van der Waals surface area (Å²) in [5, 5.41) is 2.31. The molecule has 1 aromatic heterocycles. The lowest BCUT2D eigenvalue weighted by molar-refractivity contribution is -0.132. The number of aryl methyl sites for hydroxylation is 2. The lowest BCUT2D eigenvalue weighted by atomic mass is 9.91. The molecule has 0 bridgehead atoms. The molecule has 0 aliphatic carbocycles. The molecular formula is C25H30ClN3O3S. The number of benzene rings is 2. The normalized spacial score (nSPS) is 15.3. The minimum Gasteiger partial charge on any atom is -0.343 e. The maximum Gasteiger partial charge on any atom is 0.223 e. The molecule has 33 heavy (non-hydrogen) atoms. The van der Waals surface area contributed by atoms with Crippen molar-refractivity contribution in [2.45, 2.75) is 43.9 Å². The van der Waals surface area contributed by atoms with E-state index in [-0.39, 0.29) is 23.0 Å². The Morgan fingerprint density at radius 1 is 1.12 bits per heavy atom. The maximum absolute atomic E-state index is 12.8. The van der Waals surface area contributed by atoms with Gasteiger partial charge in [-0.15, -0.1) is 0 Å². The highest BCUT2D eigenvalue weighted by molar-refractivity contribution is 7.91. The van der Waals surface area contributed by atoms with E-state index in [0.29, 0.717) is 24.0 Å². The van der Waals surface area contributed by atoms with Gasteiger partial charge in [0, 0.05) is 37.3 Å². The van der Waals surface area contributed by atoms with Gasteiger partial charge in [-0.05, 0) is 73.6 Å². The molecular weight excluding hydrogens is 458 g/mol. The van der Waals surface area contributed by atoms with Crippen LogP contribution in [-0.4, -0.2) is 47.6 Å². The monoisotopic (exact) mass is 487 g/mol. The Labute approximate surface area is 200 Å². The third-order valence-electron chi connectivity index (χ3n) is 6.74. The highest BCUT2D eigenvalue weighted by atomic mass is 35.5. The van der Waals surface area contributed by atoms with Crippen LogP contribution in [0, 0.1) is 12.8 Å². The molecule has 4 rings (SSSR count). The number of carbonyl (C=O) groups is 1. The average Bonchev–Trinajstić information content (AvgIpc) is 3.13. The topological polar surface area (TPSA) is 72.3 Å². The van der Waals surface area contributed by atoms with E-state index < -0.39 is 9.84 Å². The van der Waals surface area contributed by atoms with Gasteiger partial charge >= 0.3 is 0 Å². The molecule has 0 spiro atoms. The van der Waals surface area contributed by atoms with Crippen molar-refractivity contribution < 1.29 is 13.2 Å². The number of piperidine rings is 1. The van der Waals surface area contributed by atoms with E-state index in [1.165, 1.54) is 5.69 Å². The van der Waals surface area contributed by atoms with Crippen LogP contribution in [0.2, 0.25) is 5.02 Å². The molecule has 0 radical (unpaired) electrons. The van der Waals surface area contributed by atoms with E-state index in [9.17, 15) is 13.2 Å². The number of rotatable bonds is 7. The number of imidazole rings is 1. The highest BCUT2D eigenvalue weighted by Gasteiger charge is 2.25. The lowest BCUT2D eigenvalue weighted by Crippen LogP contribution is -2.39. The number of hydrogen-bond donors (Lipinski definition) is 0. The number of hydrogen-bond acceptors (Lipinski definition) is 4. The third-order valence-corrected chi connectivity index (χ3v) is 8.69. The molecule has 0 atom stereocenters. The number of likely N-dealkylation sites (tertiary alicyclic amines) is 1. The van der Waals surface area contributed by atoms with Gasteiger partial charge in [-0.1, -0.05) is 23.7 Å². The SMILES string of the molecule is Cc1ncn(C)c1CCC1CCN(C(=O)CCS(=O)(=O)c2ccc3cc(Cl)ccc3c2)CC1. The first-order valence-corrected chi connectivity index (χ1v) is 13.4. The molecule has 176 valence electrons. The van der Waals surface area contributed by atoms with Crippen LogP contribution in [0.5, 0.6) is 0 Å². The summed E-state index contributed by atoms with van der Waals surface area (Å²) in [7, 11) is -1.51. The van der Waals surface area contributed by atoms with Gasteiger partial charge in [-0.2, -0.15) is 0 Å². The minimum atomic E-state index is -3.54. The number of sulfone groups is 1. The molecule has 1 aliphatic rings. The molecule has 2 heterocycles. The Bertz CT molecular complexity index is 1240. The van der Waals surface area contributed by atoms with Crippen LogP contribution >= 0.6 is 11.6 Å². The molecule has 0 N–H and O–H groups in total. The van der Waals surface area contributed by atoms with Crippen LogP contribution in [0.25, 0.3) is 10.8 Å². The fraction of sp³-hybridized carbons (Fsp3) is 0.440. The second-order valence-electron chi connectivity index (χ2n) is 8.97. The first-order valence-electron chi connectivity index (χ1n) is 11.4. The fourth-order valence-corrected chi connectivity index (χ4v) is 6.07. The number of carbonyl (C=O) groups excluding carboxylic acids is 1. The maximum atomic E-state index is 12.8. The van der Waals surface area contributed by atoms with Crippen molar-refractivity contribution in [3.63, 3.8) is 0 Å². The van der Waals surface area contributed by atoms with Crippen molar-refractivity contribution in [1.82, 2.24) is 14.5 Å². The molecule has 8 heteroatoms. The zero-order valence-corrected chi connectivity index (χ0v) is 20.7. The first kappa shape index (κ1) is 23.8. The second-order valence-corrected chi connectivity index (χ2v) is 11.5. The summed E-state index contributed by atoms with van der Waals surface area (Å²) in [4.78, 5) is 19.1. The lowest BCUT2D eigenvalue weighted by Gasteiger charge is -2.32. The van der Waals surface area contributed by atoms with Gasteiger partial charge in [-0.3, -0.25) is 4.79 Å². The minimum absolute atomic E-state index is 0.0138. The predicted molar refractivity (Wildman–Crippen MR) is 131 cm³/mol. The Hall–Kier alpha value is -2.38. The molecule has 0 unspecified atom stereocenters. The molecule has 0 saturated carbocycles. The van der Waals surface area contributed by atoms with Crippen LogP contribution in [0.1, 0.15) is 37.1 Å². The van der Waals surface area contributed by atoms with Gasteiger partial charge in [0.2, 0.25) is 5.91 Å². The Morgan fingerprint density at radius 3 is 2.52 bits per heavy atom. The number of nitrogens with zero attached hydrogens (tertiary/aromatic N) is 3. The molecule has 2 aromatic carbocycles. The Morgan fingerprint density at radius 2 is 1.82 bits per heavy atom. The van der Waals surface area contributed by atoms with Gasteiger partial charge in [0.1, 0.15) is 0 Å². The summed E-state index contributed by atoms with van der Waals surface area (Å²) >= 11 is 6.01. The summed E-state index contributed by atoms with van der Waals surface area (Å²) < 4.78 is 27.7. The summed E-state index contributed by atoms with van der Waals surface area (Å²) in [5.74, 6) is 0.329. The van der Waals surface area contributed by atoms with Crippen molar-refractivity contribution >= 4 is 38.1 Å². The van der Waals surface area contributed by atoms with E-state index in [1.807, 2.05) is 31.3 Å². The van der Waals surface area contributed by atoms with E-state index >= 15 is 0 Å². The number of halogens is 1. The second kappa shape index (κ2) is 9.85. The van der Waals surface area contributed by atoms with E-state index in [1.54, 1.807) is 30.3 Å². The van der Waals surface area contributed by atoms with E-state index in [0.717, 1.165) is 42.1 Å². The standard InChI is InChI=1S/C25H30ClN3O3S/c1-18-24(28(2)17-27-18)8-3-19-9-12-29(13-10-19)25(30)11-14-33(31,32)23-7-5-20-15-22(26)6-4-21(20)16-23/h4-7,15-17,19H,3,8-14H2,1-2H3. The largest absolute Gasteiger partial charge is 0.343 e. The van der Waals surface area contributed by atoms with Gasteiger partial charge in [0.25, 0.3) is 0 Å². The molecule has 3 aromatic rings. The summed E-state index contributed by atoms with van der Waals surface area (Å²) in [6.45, 7) is 3.44. The van der Waals surface area contributed by atoms with Crippen LogP contribution in [0.15, 0.2) is 47.6 Å². The predicted octanol–water partition coefficient (Wildman–Crippen LogP) is 4.57. The van der Waals surface area contributed by atoms with Gasteiger partial charge in [0.15, 0.2) is 9.84 Å². The zero-order chi connectivity index (χ0) is 23.6. The number of fused-ring (bicyclic) bond motifs is 1. The number of amides is 1. The quantitative estimate of drug-likeness (QED) is 0.489. The first-order chi connectivity index (χ1) is 15.7. The molecule has 6 nitrogen and oxygen atoms in total. The molecule has 1 fully saturated rings. The van der Waals surface area contributed by atoms with Crippen LogP contribution < -0.4 is 0 Å².